The zero-order valence-electron chi connectivity index (χ0n) is 19.4. The maximum atomic E-state index is 12.7. The first-order valence-corrected chi connectivity index (χ1v) is 11.2. The van der Waals surface area contributed by atoms with E-state index in [9.17, 15) is 24.3 Å². The normalized spacial score (nSPS) is 16.4. The smallest absolute Gasteiger partial charge is 0.316 e. The van der Waals surface area contributed by atoms with Crippen molar-refractivity contribution in [2.45, 2.75) is 32.0 Å². The van der Waals surface area contributed by atoms with Gasteiger partial charge in [-0.25, -0.2) is 4.79 Å². The van der Waals surface area contributed by atoms with E-state index in [1.807, 2.05) is 30.5 Å². The van der Waals surface area contributed by atoms with Crippen LogP contribution in [-0.2, 0) is 20.9 Å². The Morgan fingerprint density at radius 1 is 1.09 bits per heavy atom. The number of benzene rings is 2. The standard InChI is InChI=1S/C26H26N4O5/c1-3-30-12-9-16-7-8-18(14-21(16)30)17-5-4-6-19(13-17)20(15-23(32)33)27-26(35)28-24-22(31)10-11-29(2)25(24)34/h4-14,20,24H,3,15H2,1-2H3,(H,32,33)(H2,27,28,35). The molecule has 0 aliphatic carbocycles. The van der Waals surface area contributed by atoms with Crippen LogP contribution in [0.25, 0.3) is 22.0 Å². The predicted molar refractivity (Wildman–Crippen MR) is 130 cm³/mol. The van der Waals surface area contributed by atoms with Crippen molar-refractivity contribution in [2.75, 3.05) is 7.05 Å². The summed E-state index contributed by atoms with van der Waals surface area (Å²) >= 11 is 0. The molecule has 1 aliphatic rings. The number of hydrogen-bond donors (Lipinski definition) is 3. The molecule has 4 rings (SSSR count). The summed E-state index contributed by atoms with van der Waals surface area (Å²) in [7, 11) is 1.48. The highest BCUT2D eigenvalue weighted by Crippen LogP contribution is 2.28. The topological polar surface area (TPSA) is 121 Å². The summed E-state index contributed by atoms with van der Waals surface area (Å²) in [5, 5.41) is 15.5. The van der Waals surface area contributed by atoms with Gasteiger partial charge in [0.25, 0.3) is 5.91 Å². The number of nitrogens with one attached hydrogen (secondary N) is 2. The quantitative estimate of drug-likeness (QED) is 0.455. The Morgan fingerprint density at radius 3 is 2.60 bits per heavy atom. The number of likely N-dealkylation sites (N-methyl/N-ethyl adjacent to an activating group) is 1. The van der Waals surface area contributed by atoms with Gasteiger partial charge in [0.15, 0.2) is 11.8 Å². The Hall–Kier alpha value is -4.40. The molecule has 2 unspecified atom stereocenters. The first-order valence-electron chi connectivity index (χ1n) is 11.2. The maximum Gasteiger partial charge on any atom is 0.316 e. The first-order chi connectivity index (χ1) is 16.8. The molecule has 2 atom stereocenters. The molecule has 3 amide bonds. The minimum Gasteiger partial charge on any atom is -0.481 e. The van der Waals surface area contributed by atoms with E-state index >= 15 is 0 Å². The van der Waals surface area contributed by atoms with Crippen LogP contribution in [0.3, 0.4) is 0 Å². The Labute approximate surface area is 202 Å². The van der Waals surface area contributed by atoms with Gasteiger partial charge in [0.05, 0.1) is 12.5 Å². The molecular weight excluding hydrogens is 448 g/mol. The number of carboxylic acid groups (broad SMARTS) is 1. The molecular formula is C26H26N4O5. The van der Waals surface area contributed by atoms with Gasteiger partial charge >= 0.3 is 12.0 Å². The zero-order chi connectivity index (χ0) is 25.1. The van der Waals surface area contributed by atoms with Gasteiger partial charge in [-0.2, -0.15) is 0 Å². The lowest BCUT2D eigenvalue weighted by Gasteiger charge is -2.25. The van der Waals surface area contributed by atoms with Crippen LogP contribution in [0, 0.1) is 0 Å². The summed E-state index contributed by atoms with van der Waals surface area (Å²) in [6, 6.07) is 12.4. The van der Waals surface area contributed by atoms with Gasteiger partial charge in [0.2, 0.25) is 0 Å². The highest BCUT2D eigenvalue weighted by Gasteiger charge is 2.32. The van der Waals surface area contributed by atoms with Crippen LogP contribution in [-0.4, -0.2) is 51.4 Å². The fraction of sp³-hybridized carbons (Fsp3) is 0.231. The summed E-state index contributed by atoms with van der Waals surface area (Å²) in [6.45, 7) is 2.91. The number of carbonyl (C=O) groups excluding carboxylic acids is 3. The number of ketones is 1. The number of urea groups is 1. The minimum absolute atomic E-state index is 0.374. The molecule has 1 aromatic heterocycles. The van der Waals surface area contributed by atoms with Crippen molar-refractivity contribution in [3.05, 3.63) is 72.6 Å². The third kappa shape index (κ3) is 5.08. The molecule has 0 saturated heterocycles. The van der Waals surface area contributed by atoms with Gasteiger partial charge in [0.1, 0.15) is 0 Å². The van der Waals surface area contributed by atoms with Crippen molar-refractivity contribution < 1.29 is 24.3 Å². The van der Waals surface area contributed by atoms with Crippen molar-refractivity contribution in [1.82, 2.24) is 20.1 Å². The van der Waals surface area contributed by atoms with E-state index in [0.717, 1.165) is 28.6 Å². The summed E-state index contributed by atoms with van der Waals surface area (Å²) in [5.74, 6) is -2.22. The highest BCUT2D eigenvalue weighted by molar-refractivity contribution is 6.14. The van der Waals surface area contributed by atoms with Crippen LogP contribution in [0.5, 0.6) is 0 Å². The number of nitrogens with zero attached hydrogens (tertiary/aromatic N) is 2. The molecule has 9 nitrogen and oxygen atoms in total. The molecule has 35 heavy (non-hydrogen) atoms. The van der Waals surface area contributed by atoms with E-state index in [1.165, 1.54) is 24.2 Å². The lowest BCUT2D eigenvalue weighted by molar-refractivity contribution is -0.138. The van der Waals surface area contributed by atoms with Gasteiger partial charge in [-0.05, 0) is 47.2 Å². The number of rotatable bonds is 7. The van der Waals surface area contributed by atoms with Crippen LogP contribution in [0.1, 0.15) is 24.9 Å². The lowest BCUT2D eigenvalue weighted by Crippen LogP contribution is -2.55. The Morgan fingerprint density at radius 2 is 1.86 bits per heavy atom. The van der Waals surface area contributed by atoms with E-state index in [1.54, 1.807) is 12.1 Å². The average Bonchev–Trinajstić information content (AvgIpc) is 3.26. The number of aromatic nitrogens is 1. The fourth-order valence-electron chi connectivity index (χ4n) is 4.15. The molecule has 2 heterocycles. The van der Waals surface area contributed by atoms with Crippen molar-refractivity contribution in [1.29, 1.82) is 0 Å². The zero-order valence-corrected chi connectivity index (χ0v) is 19.4. The number of aliphatic carboxylic acids is 1. The Kier molecular flexibility index (Phi) is 6.68. The summed E-state index contributed by atoms with van der Waals surface area (Å²) in [5.41, 5.74) is 3.51. The van der Waals surface area contributed by atoms with E-state index in [-0.39, 0.29) is 6.42 Å². The van der Waals surface area contributed by atoms with Gasteiger partial charge in [0, 0.05) is 37.6 Å². The third-order valence-electron chi connectivity index (χ3n) is 6.04. The third-order valence-corrected chi connectivity index (χ3v) is 6.04. The molecule has 3 aromatic rings. The van der Waals surface area contributed by atoms with Crippen LogP contribution < -0.4 is 10.6 Å². The maximum absolute atomic E-state index is 12.7. The van der Waals surface area contributed by atoms with Crippen molar-refractivity contribution in [2.24, 2.45) is 0 Å². The van der Waals surface area contributed by atoms with E-state index in [0.29, 0.717) is 5.56 Å². The number of hydrogen-bond acceptors (Lipinski definition) is 4. The summed E-state index contributed by atoms with van der Waals surface area (Å²) < 4.78 is 2.14. The second-order valence-electron chi connectivity index (χ2n) is 8.37. The van der Waals surface area contributed by atoms with E-state index in [2.05, 4.69) is 34.3 Å². The number of carboxylic acids is 1. The van der Waals surface area contributed by atoms with Gasteiger partial charge in [-0.3, -0.25) is 14.4 Å². The van der Waals surface area contributed by atoms with Crippen LogP contribution in [0.15, 0.2) is 67.0 Å². The molecule has 0 saturated carbocycles. The first kappa shape index (κ1) is 23.7. The van der Waals surface area contributed by atoms with Crippen LogP contribution in [0.2, 0.25) is 0 Å². The number of aryl methyl sites for hydroxylation is 1. The second kappa shape index (κ2) is 9.84. The molecule has 0 fully saturated rings. The van der Waals surface area contributed by atoms with E-state index in [4.69, 9.17) is 0 Å². The molecule has 2 aromatic carbocycles. The molecule has 1 aliphatic heterocycles. The Balaban J connectivity index is 1.58. The Bertz CT molecular complexity index is 1340. The average molecular weight is 475 g/mol. The number of amides is 3. The van der Waals surface area contributed by atoms with Gasteiger partial charge in [-0.15, -0.1) is 0 Å². The molecule has 180 valence electrons. The van der Waals surface area contributed by atoms with Crippen molar-refractivity contribution in [3.8, 4) is 11.1 Å². The molecule has 3 N–H and O–H groups in total. The van der Waals surface area contributed by atoms with E-state index < -0.39 is 35.8 Å². The second-order valence-corrected chi connectivity index (χ2v) is 8.37. The summed E-state index contributed by atoms with van der Waals surface area (Å²) in [6.07, 6.45) is 4.19. The fourth-order valence-corrected chi connectivity index (χ4v) is 4.15. The van der Waals surface area contributed by atoms with Crippen LogP contribution in [0.4, 0.5) is 4.79 Å². The van der Waals surface area contributed by atoms with Crippen molar-refractivity contribution in [3.63, 3.8) is 0 Å². The number of fused-ring (bicyclic) bond motifs is 1. The minimum atomic E-state index is -1.36. The van der Waals surface area contributed by atoms with Gasteiger partial charge < -0.3 is 25.2 Å². The molecule has 0 bridgehead atoms. The molecule has 9 heteroatoms. The summed E-state index contributed by atoms with van der Waals surface area (Å²) in [4.78, 5) is 49.7. The lowest BCUT2D eigenvalue weighted by atomic mass is 9.97. The monoisotopic (exact) mass is 474 g/mol. The SMILES string of the molecule is CCn1ccc2ccc(-c3cccc(C(CC(=O)O)NC(=O)NC4C(=O)C=CN(C)C4=O)c3)cc21. The molecule has 0 radical (unpaired) electrons. The highest BCUT2D eigenvalue weighted by atomic mass is 16.4. The number of carbonyl (C=O) groups is 4. The van der Waals surface area contributed by atoms with Gasteiger partial charge in [-0.1, -0.05) is 30.3 Å². The van der Waals surface area contributed by atoms with Crippen LogP contribution >= 0.6 is 0 Å². The van der Waals surface area contributed by atoms with Crippen molar-refractivity contribution >= 4 is 34.6 Å². The molecule has 0 spiro atoms. The largest absolute Gasteiger partial charge is 0.481 e. The predicted octanol–water partition coefficient (Wildman–Crippen LogP) is 3.07.